The number of rotatable bonds is 8. The van der Waals surface area contributed by atoms with Crippen molar-refractivity contribution in [3.05, 3.63) is 59.9 Å². The molecule has 1 aromatic carbocycles. The molecular formula is C24H28N6O2. The summed E-state index contributed by atoms with van der Waals surface area (Å²) in [5, 5.41) is 0. The van der Waals surface area contributed by atoms with Gasteiger partial charge in [-0.15, -0.1) is 0 Å². The molecule has 4 rings (SSSR count). The molecule has 0 bridgehead atoms. The second kappa shape index (κ2) is 8.82. The summed E-state index contributed by atoms with van der Waals surface area (Å²) in [5.74, 6) is 1.81. The molecule has 4 aromatic rings. The van der Waals surface area contributed by atoms with Crippen molar-refractivity contribution in [3.63, 3.8) is 0 Å². The second-order valence-electron chi connectivity index (χ2n) is 7.90. The van der Waals surface area contributed by atoms with E-state index in [4.69, 9.17) is 20.1 Å². The number of amides is 1. The smallest absolute Gasteiger partial charge is 0.248 e. The lowest BCUT2D eigenvalue weighted by molar-refractivity contribution is 0.100. The van der Waals surface area contributed by atoms with E-state index < -0.39 is 5.91 Å². The van der Waals surface area contributed by atoms with Gasteiger partial charge in [0.1, 0.15) is 17.9 Å². The maximum absolute atomic E-state index is 11.7. The van der Waals surface area contributed by atoms with Crippen LogP contribution in [0.25, 0.3) is 22.4 Å². The number of aryl methyl sites for hydroxylation is 1. The molecule has 3 aromatic heterocycles. The lowest BCUT2D eigenvalue weighted by Crippen LogP contribution is -2.32. The molecule has 2 N–H and O–H groups in total. The molecule has 1 unspecified atom stereocenters. The molecule has 0 fully saturated rings. The van der Waals surface area contributed by atoms with E-state index in [9.17, 15) is 4.79 Å². The van der Waals surface area contributed by atoms with Gasteiger partial charge in [-0.25, -0.2) is 15.0 Å². The molecule has 0 radical (unpaired) electrons. The van der Waals surface area contributed by atoms with Gasteiger partial charge in [0.25, 0.3) is 0 Å². The highest BCUT2D eigenvalue weighted by atomic mass is 16.3. The average molecular weight is 433 g/mol. The van der Waals surface area contributed by atoms with Crippen molar-refractivity contribution < 1.29 is 9.21 Å². The van der Waals surface area contributed by atoms with Crippen molar-refractivity contribution in [3.8, 4) is 11.4 Å². The predicted octanol–water partition coefficient (Wildman–Crippen LogP) is 4.17. The molecule has 0 aliphatic carbocycles. The summed E-state index contributed by atoms with van der Waals surface area (Å²) in [7, 11) is 0. The molecule has 1 amide bonds. The number of anilines is 1. The van der Waals surface area contributed by atoms with Gasteiger partial charge in [0.15, 0.2) is 5.89 Å². The Kier molecular flexibility index (Phi) is 5.94. The van der Waals surface area contributed by atoms with Crippen LogP contribution in [0.3, 0.4) is 0 Å². The van der Waals surface area contributed by atoms with Crippen molar-refractivity contribution in [2.45, 2.75) is 46.7 Å². The Bertz CT molecular complexity index is 1240. The molecule has 0 saturated heterocycles. The standard InChI is InChI=1S/C24H28N6O2/c1-5-15(3)29(6-2)22-10-8-18(12-26-22)24-28-20-11-17(23(25)31)7-9-21(20)30(24)13-19-14-32-16(4)27-19/h7-12,14-15H,5-6,13H2,1-4H3,(H2,25,31). The minimum atomic E-state index is -0.481. The molecule has 0 aliphatic rings. The van der Waals surface area contributed by atoms with Crippen LogP contribution < -0.4 is 10.6 Å². The summed E-state index contributed by atoms with van der Waals surface area (Å²) in [5.41, 5.74) is 9.14. The number of carbonyl (C=O) groups excluding carboxylic acids is 1. The Morgan fingerprint density at radius 2 is 2.03 bits per heavy atom. The minimum Gasteiger partial charge on any atom is -0.449 e. The lowest BCUT2D eigenvalue weighted by atomic mass is 10.2. The number of primary amides is 1. The summed E-state index contributed by atoms with van der Waals surface area (Å²) in [6.45, 7) is 9.70. The van der Waals surface area contributed by atoms with Crippen molar-refractivity contribution >= 4 is 22.8 Å². The van der Waals surface area contributed by atoms with Gasteiger partial charge >= 0.3 is 0 Å². The summed E-state index contributed by atoms with van der Waals surface area (Å²) < 4.78 is 7.44. The molecule has 3 heterocycles. The van der Waals surface area contributed by atoms with Gasteiger partial charge in [0.05, 0.1) is 23.3 Å². The highest BCUT2D eigenvalue weighted by Crippen LogP contribution is 2.28. The quantitative estimate of drug-likeness (QED) is 0.448. The highest BCUT2D eigenvalue weighted by Gasteiger charge is 2.18. The third-order valence-electron chi connectivity index (χ3n) is 5.78. The first-order valence-electron chi connectivity index (χ1n) is 10.8. The number of carbonyl (C=O) groups is 1. The van der Waals surface area contributed by atoms with Crippen LogP contribution in [0.1, 0.15) is 49.1 Å². The fourth-order valence-electron chi connectivity index (χ4n) is 3.91. The van der Waals surface area contributed by atoms with E-state index in [1.54, 1.807) is 18.4 Å². The number of imidazole rings is 1. The third kappa shape index (κ3) is 4.08. The number of nitrogens with two attached hydrogens (primary N) is 1. The molecule has 0 aliphatic heterocycles. The zero-order valence-corrected chi connectivity index (χ0v) is 18.9. The normalized spacial score (nSPS) is 12.2. The molecule has 166 valence electrons. The van der Waals surface area contributed by atoms with E-state index in [0.29, 0.717) is 29.6 Å². The number of benzene rings is 1. The Balaban J connectivity index is 1.79. The van der Waals surface area contributed by atoms with Crippen LogP contribution >= 0.6 is 0 Å². The van der Waals surface area contributed by atoms with Crippen LogP contribution in [0.2, 0.25) is 0 Å². The average Bonchev–Trinajstić information content (AvgIpc) is 3.37. The fourth-order valence-corrected chi connectivity index (χ4v) is 3.91. The number of pyridine rings is 1. The monoisotopic (exact) mass is 432 g/mol. The van der Waals surface area contributed by atoms with Crippen molar-refractivity contribution in [2.75, 3.05) is 11.4 Å². The summed E-state index contributed by atoms with van der Waals surface area (Å²) in [6.07, 6.45) is 4.54. The molecule has 8 nitrogen and oxygen atoms in total. The largest absolute Gasteiger partial charge is 0.449 e. The molecule has 0 spiro atoms. The van der Waals surface area contributed by atoms with Crippen molar-refractivity contribution in [1.29, 1.82) is 0 Å². The first-order valence-corrected chi connectivity index (χ1v) is 10.8. The molecule has 0 saturated carbocycles. The van der Waals surface area contributed by atoms with E-state index in [2.05, 4.69) is 35.2 Å². The maximum atomic E-state index is 11.7. The zero-order valence-electron chi connectivity index (χ0n) is 18.9. The number of nitrogens with zero attached hydrogens (tertiary/aromatic N) is 5. The number of hydrogen-bond donors (Lipinski definition) is 1. The van der Waals surface area contributed by atoms with Crippen LogP contribution in [-0.4, -0.2) is 38.0 Å². The Hall–Kier alpha value is -3.68. The zero-order chi connectivity index (χ0) is 22.8. The van der Waals surface area contributed by atoms with Crippen molar-refractivity contribution in [2.24, 2.45) is 5.73 Å². The molecule has 8 heteroatoms. The van der Waals surface area contributed by atoms with Gasteiger partial charge in [-0.2, -0.15) is 0 Å². The first-order chi connectivity index (χ1) is 15.4. The summed E-state index contributed by atoms with van der Waals surface area (Å²) in [6, 6.07) is 9.77. The number of oxazole rings is 1. The van der Waals surface area contributed by atoms with Crippen LogP contribution in [0.15, 0.2) is 47.2 Å². The van der Waals surface area contributed by atoms with E-state index in [1.807, 2.05) is 31.3 Å². The second-order valence-corrected chi connectivity index (χ2v) is 7.90. The fraction of sp³-hybridized carbons (Fsp3) is 0.333. The Labute approximate surface area is 187 Å². The SMILES string of the molecule is CCC(C)N(CC)c1ccc(-c2nc3cc(C(N)=O)ccc3n2Cc2coc(C)n2)cn1. The lowest BCUT2D eigenvalue weighted by Gasteiger charge is -2.28. The molecule has 32 heavy (non-hydrogen) atoms. The van der Waals surface area contributed by atoms with Gasteiger partial charge in [0, 0.05) is 36.8 Å². The van der Waals surface area contributed by atoms with E-state index in [1.165, 1.54) is 0 Å². The Morgan fingerprint density at radius 3 is 2.62 bits per heavy atom. The predicted molar refractivity (Wildman–Crippen MR) is 125 cm³/mol. The first kappa shape index (κ1) is 21.5. The van der Waals surface area contributed by atoms with Gasteiger partial charge in [0.2, 0.25) is 5.91 Å². The van der Waals surface area contributed by atoms with Crippen LogP contribution in [-0.2, 0) is 6.54 Å². The van der Waals surface area contributed by atoms with Crippen LogP contribution in [0.4, 0.5) is 5.82 Å². The number of aromatic nitrogens is 4. The van der Waals surface area contributed by atoms with Crippen LogP contribution in [0.5, 0.6) is 0 Å². The molecule has 1 atom stereocenters. The van der Waals surface area contributed by atoms with Gasteiger partial charge < -0.3 is 19.6 Å². The molecular weight excluding hydrogens is 404 g/mol. The van der Waals surface area contributed by atoms with Gasteiger partial charge in [-0.3, -0.25) is 4.79 Å². The highest BCUT2D eigenvalue weighted by molar-refractivity contribution is 5.96. The minimum absolute atomic E-state index is 0.408. The topological polar surface area (TPSA) is 103 Å². The van der Waals surface area contributed by atoms with E-state index >= 15 is 0 Å². The van der Waals surface area contributed by atoms with Crippen molar-refractivity contribution in [1.82, 2.24) is 19.5 Å². The van der Waals surface area contributed by atoms with E-state index in [0.717, 1.165) is 41.4 Å². The summed E-state index contributed by atoms with van der Waals surface area (Å²) >= 11 is 0. The summed E-state index contributed by atoms with van der Waals surface area (Å²) in [4.78, 5) is 27.9. The van der Waals surface area contributed by atoms with Gasteiger partial charge in [-0.05, 0) is 50.6 Å². The number of fused-ring (bicyclic) bond motifs is 1. The third-order valence-corrected chi connectivity index (χ3v) is 5.78. The Morgan fingerprint density at radius 1 is 1.22 bits per heavy atom. The van der Waals surface area contributed by atoms with Crippen LogP contribution in [0, 0.1) is 6.92 Å². The van der Waals surface area contributed by atoms with E-state index in [-0.39, 0.29) is 0 Å². The maximum Gasteiger partial charge on any atom is 0.248 e. The van der Waals surface area contributed by atoms with Gasteiger partial charge in [-0.1, -0.05) is 6.92 Å². The number of hydrogen-bond acceptors (Lipinski definition) is 6.